The molecule has 1 rings (SSSR count). The van der Waals surface area contributed by atoms with Gasteiger partial charge in [0.1, 0.15) is 0 Å². The van der Waals surface area contributed by atoms with Gasteiger partial charge in [0.25, 0.3) is 0 Å². The fourth-order valence-electron chi connectivity index (χ4n) is 1.86. The summed E-state index contributed by atoms with van der Waals surface area (Å²) in [4.78, 5) is 4.95. The molecule has 1 aliphatic heterocycles. The molecular formula is C11H23N3. The highest BCUT2D eigenvalue weighted by molar-refractivity contribution is 4.80. The fourth-order valence-corrected chi connectivity index (χ4v) is 1.86. The minimum Gasteiger partial charge on any atom is -0.329 e. The summed E-state index contributed by atoms with van der Waals surface area (Å²) in [5, 5.41) is 0. The van der Waals surface area contributed by atoms with E-state index in [9.17, 15) is 0 Å². The van der Waals surface area contributed by atoms with Gasteiger partial charge in [-0.25, -0.2) is 0 Å². The van der Waals surface area contributed by atoms with E-state index in [1.54, 1.807) is 0 Å². The Kier molecular flexibility index (Phi) is 5.15. The zero-order valence-corrected chi connectivity index (χ0v) is 9.28. The van der Waals surface area contributed by atoms with Gasteiger partial charge in [0.2, 0.25) is 0 Å². The second kappa shape index (κ2) is 6.17. The van der Waals surface area contributed by atoms with Crippen molar-refractivity contribution in [2.75, 3.05) is 45.8 Å². The summed E-state index contributed by atoms with van der Waals surface area (Å²) in [7, 11) is 0. The highest BCUT2D eigenvalue weighted by atomic mass is 15.3. The molecule has 2 N–H and O–H groups in total. The van der Waals surface area contributed by atoms with E-state index >= 15 is 0 Å². The number of nitrogens with zero attached hydrogens (tertiary/aromatic N) is 2. The minimum atomic E-state index is 0.607. The summed E-state index contributed by atoms with van der Waals surface area (Å²) in [6, 6.07) is 0. The number of piperazine rings is 1. The Hall–Kier alpha value is -0.380. The minimum absolute atomic E-state index is 0.607. The smallest absolute Gasteiger partial charge is 0.0110 e. The lowest BCUT2D eigenvalue weighted by Crippen LogP contribution is -2.48. The van der Waals surface area contributed by atoms with E-state index in [1.807, 2.05) is 6.08 Å². The van der Waals surface area contributed by atoms with Gasteiger partial charge < -0.3 is 10.6 Å². The van der Waals surface area contributed by atoms with Crippen LogP contribution in [0.3, 0.4) is 0 Å². The Morgan fingerprint density at radius 3 is 2.36 bits per heavy atom. The highest BCUT2D eigenvalue weighted by Crippen LogP contribution is 2.05. The van der Waals surface area contributed by atoms with Crippen LogP contribution in [0.4, 0.5) is 0 Å². The predicted molar refractivity (Wildman–Crippen MR) is 61.3 cm³/mol. The number of rotatable bonds is 5. The lowest BCUT2D eigenvalue weighted by Gasteiger charge is -2.35. The van der Waals surface area contributed by atoms with Gasteiger partial charge in [-0.3, -0.25) is 4.90 Å². The third-order valence-corrected chi connectivity index (χ3v) is 2.86. The van der Waals surface area contributed by atoms with Crippen molar-refractivity contribution in [3.8, 4) is 0 Å². The molecule has 1 saturated heterocycles. The standard InChI is InChI=1S/C11H23N3/c1-3-11(2)10-14-8-6-13(5-4-12)7-9-14/h3,11H,1,4-10,12H2,2H3. The van der Waals surface area contributed by atoms with Crippen molar-refractivity contribution < 1.29 is 0 Å². The molecule has 82 valence electrons. The van der Waals surface area contributed by atoms with Crippen molar-refractivity contribution in [2.24, 2.45) is 11.7 Å². The van der Waals surface area contributed by atoms with Crippen LogP contribution < -0.4 is 5.73 Å². The maximum absolute atomic E-state index is 5.53. The van der Waals surface area contributed by atoms with Crippen LogP contribution in [-0.4, -0.2) is 55.6 Å². The van der Waals surface area contributed by atoms with Crippen molar-refractivity contribution in [3.05, 3.63) is 12.7 Å². The monoisotopic (exact) mass is 197 g/mol. The van der Waals surface area contributed by atoms with Crippen molar-refractivity contribution in [1.29, 1.82) is 0 Å². The third-order valence-electron chi connectivity index (χ3n) is 2.86. The van der Waals surface area contributed by atoms with Gasteiger partial charge in [-0.15, -0.1) is 6.58 Å². The topological polar surface area (TPSA) is 32.5 Å². The van der Waals surface area contributed by atoms with Crippen LogP contribution in [0.2, 0.25) is 0 Å². The second-order valence-electron chi connectivity index (χ2n) is 4.14. The first-order valence-corrected chi connectivity index (χ1v) is 5.53. The summed E-state index contributed by atoms with van der Waals surface area (Å²) in [5.74, 6) is 0.607. The summed E-state index contributed by atoms with van der Waals surface area (Å²) >= 11 is 0. The Bertz CT molecular complexity index is 162. The average Bonchev–Trinajstić information content (AvgIpc) is 2.21. The molecule has 14 heavy (non-hydrogen) atoms. The second-order valence-corrected chi connectivity index (χ2v) is 4.14. The van der Waals surface area contributed by atoms with E-state index in [-0.39, 0.29) is 0 Å². The van der Waals surface area contributed by atoms with Crippen LogP contribution in [-0.2, 0) is 0 Å². The first kappa shape index (κ1) is 11.7. The van der Waals surface area contributed by atoms with E-state index in [0.29, 0.717) is 5.92 Å². The number of hydrogen-bond donors (Lipinski definition) is 1. The third kappa shape index (κ3) is 3.78. The van der Waals surface area contributed by atoms with E-state index in [0.717, 1.165) is 19.6 Å². The molecule has 3 heteroatoms. The molecule has 0 aromatic rings. The van der Waals surface area contributed by atoms with Gasteiger partial charge in [-0.2, -0.15) is 0 Å². The largest absolute Gasteiger partial charge is 0.329 e. The normalized spacial score (nSPS) is 22.1. The maximum Gasteiger partial charge on any atom is 0.0110 e. The van der Waals surface area contributed by atoms with Crippen LogP contribution in [0.1, 0.15) is 6.92 Å². The summed E-state index contributed by atoms with van der Waals surface area (Å²) < 4.78 is 0. The predicted octanol–water partition coefficient (Wildman–Crippen LogP) is 0.385. The quantitative estimate of drug-likeness (QED) is 0.647. The van der Waals surface area contributed by atoms with Crippen molar-refractivity contribution in [1.82, 2.24) is 9.80 Å². The first-order chi connectivity index (χ1) is 6.76. The molecule has 1 heterocycles. The lowest BCUT2D eigenvalue weighted by atomic mass is 10.1. The van der Waals surface area contributed by atoms with Crippen LogP contribution in [0, 0.1) is 5.92 Å². The summed E-state index contributed by atoms with van der Waals surface area (Å²) in [6.45, 7) is 13.7. The fraction of sp³-hybridized carbons (Fsp3) is 0.818. The zero-order chi connectivity index (χ0) is 10.4. The molecule has 0 aliphatic carbocycles. The van der Waals surface area contributed by atoms with E-state index < -0.39 is 0 Å². The molecule has 0 amide bonds. The van der Waals surface area contributed by atoms with Crippen LogP contribution in [0.25, 0.3) is 0 Å². The molecule has 0 bridgehead atoms. The SMILES string of the molecule is C=CC(C)CN1CCN(CCN)CC1. The van der Waals surface area contributed by atoms with E-state index in [2.05, 4.69) is 23.3 Å². The molecule has 1 atom stereocenters. The van der Waals surface area contributed by atoms with Gasteiger partial charge in [0.05, 0.1) is 0 Å². The molecule has 1 fully saturated rings. The van der Waals surface area contributed by atoms with Gasteiger partial charge in [-0.05, 0) is 5.92 Å². The lowest BCUT2D eigenvalue weighted by molar-refractivity contribution is 0.128. The van der Waals surface area contributed by atoms with E-state index in [1.165, 1.54) is 26.2 Å². The van der Waals surface area contributed by atoms with Crippen LogP contribution in [0.5, 0.6) is 0 Å². The van der Waals surface area contributed by atoms with Gasteiger partial charge in [-0.1, -0.05) is 13.0 Å². The average molecular weight is 197 g/mol. The van der Waals surface area contributed by atoms with E-state index in [4.69, 9.17) is 5.73 Å². The molecule has 0 radical (unpaired) electrons. The molecule has 1 aliphatic rings. The Labute approximate surface area is 87.6 Å². The maximum atomic E-state index is 5.53. The molecule has 0 saturated carbocycles. The van der Waals surface area contributed by atoms with Crippen LogP contribution >= 0.6 is 0 Å². The molecule has 0 spiro atoms. The molecular weight excluding hydrogens is 174 g/mol. The van der Waals surface area contributed by atoms with Crippen molar-refractivity contribution >= 4 is 0 Å². The zero-order valence-electron chi connectivity index (χ0n) is 9.28. The Balaban J connectivity index is 2.18. The van der Waals surface area contributed by atoms with Gasteiger partial charge in [0.15, 0.2) is 0 Å². The van der Waals surface area contributed by atoms with Gasteiger partial charge in [0, 0.05) is 45.8 Å². The highest BCUT2D eigenvalue weighted by Gasteiger charge is 2.16. The Morgan fingerprint density at radius 2 is 1.86 bits per heavy atom. The Morgan fingerprint density at radius 1 is 1.29 bits per heavy atom. The molecule has 0 aromatic heterocycles. The van der Waals surface area contributed by atoms with Crippen molar-refractivity contribution in [2.45, 2.75) is 6.92 Å². The summed E-state index contributed by atoms with van der Waals surface area (Å²) in [6.07, 6.45) is 2.03. The summed E-state index contributed by atoms with van der Waals surface area (Å²) in [5.41, 5.74) is 5.53. The molecule has 3 nitrogen and oxygen atoms in total. The molecule has 1 unspecified atom stereocenters. The molecule has 0 aromatic carbocycles. The van der Waals surface area contributed by atoms with Crippen LogP contribution in [0.15, 0.2) is 12.7 Å². The first-order valence-electron chi connectivity index (χ1n) is 5.53. The van der Waals surface area contributed by atoms with Crippen molar-refractivity contribution in [3.63, 3.8) is 0 Å². The van der Waals surface area contributed by atoms with Gasteiger partial charge >= 0.3 is 0 Å². The number of nitrogens with two attached hydrogens (primary N) is 1. The number of hydrogen-bond acceptors (Lipinski definition) is 3.